The van der Waals surface area contributed by atoms with E-state index in [4.69, 9.17) is 9.47 Å². The largest absolute Gasteiger partial charge is 0.497 e. The fraction of sp³-hybridized carbons (Fsp3) is 0.462. The Morgan fingerprint density at radius 2 is 1.72 bits per heavy atom. The summed E-state index contributed by atoms with van der Waals surface area (Å²) in [5.41, 5.74) is 2.03. The van der Waals surface area contributed by atoms with Crippen LogP contribution in [0, 0.1) is 6.92 Å². The molecule has 0 heterocycles. The Kier molecular flexibility index (Phi) is 10.2. The molecule has 2 aromatic rings. The molecule has 0 aliphatic heterocycles. The van der Waals surface area contributed by atoms with Crippen LogP contribution in [0.5, 0.6) is 11.5 Å². The summed E-state index contributed by atoms with van der Waals surface area (Å²) in [5, 5.41) is 2.88. The summed E-state index contributed by atoms with van der Waals surface area (Å²) in [6.07, 6.45) is 1.39. The lowest BCUT2D eigenvalue weighted by atomic mass is 10.1. The zero-order chi connectivity index (χ0) is 27.0. The number of carbonyl (C=O) groups excluding carboxylic acids is 2. The molecule has 0 bridgehead atoms. The van der Waals surface area contributed by atoms with Crippen LogP contribution in [0.15, 0.2) is 42.5 Å². The van der Waals surface area contributed by atoms with Gasteiger partial charge in [-0.15, -0.1) is 0 Å². The SMILES string of the molecule is CCC(C(=O)NC(C)C)N(Cc1ccccc1C)C(=O)CN(c1ccc(OC)cc1OC)S(C)(=O)=O. The van der Waals surface area contributed by atoms with Crippen LogP contribution in [-0.4, -0.2) is 64.2 Å². The van der Waals surface area contributed by atoms with Crippen LogP contribution in [0.1, 0.15) is 38.3 Å². The molecule has 1 unspecified atom stereocenters. The number of hydrogen-bond acceptors (Lipinski definition) is 6. The van der Waals surface area contributed by atoms with Gasteiger partial charge in [0.05, 0.1) is 26.2 Å². The van der Waals surface area contributed by atoms with Crippen LogP contribution in [0.25, 0.3) is 0 Å². The van der Waals surface area contributed by atoms with Crippen LogP contribution in [0.2, 0.25) is 0 Å². The van der Waals surface area contributed by atoms with Crippen molar-refractivity contribution in [3.05, 3.63) is 53.6 Å². The first-order valence-electron chi connectivity index (χ1n) is 11.8. The lowest BCUT2D eigenvalue weighted by Gasteiger charge is -2.33. The zero-order valence-corrected chi connectivity index (χ0v) is 22.9. The van der Waals surface area contributed by atoms with Gasteiger partial charge < -0.3 is 19.7 Å². The van der Waals surface area contributed by atoms with E-state index in [1.54, 1.807) is 12.1 Å². The highest BCUT2D eigenvalue weighted by molar-refractivity contribution is 7.92. The molecule has 1 atom stereocenters. The number of rotatable bonds is 12. The monoisotopic (exact) mass is 519 g/mol. The van der Waals surface area contributed by atoms with Crippen LogP contribution in [-0.2, 0) is 26.2 Å². The summed E-state index contributed by atoms with van der Waals surface area (Å²) < 4.78 is 37.3. The highest BCUT2D eigenvalue weighted by atomic mass is 32.2. The van der Waals surface area contributed by atoms with Gasteiger partial charge in [0.25, 0.3) is 0 Å². The molecule has 198 valence electrons. The van der Waals surface area contributed by atoms with Crippen molar-refractivity contribution in [2.75, 3.05) is 31.3 Å². The Hall–Kier alpha value is -3.27. The number of ether oxygens (including phenoxy) is 2. The number of nitrogens with one attached hydrogen (secondary N) is 1. The Bertz CT molecular complexity index is 1170. The minimum absolute atomic E-state index is 0.113. The second kappa shape index (κ2) is 12.6. The Morgan fingerprint density at radius 1 is 1.06 bits per heavy atom. The quantitative estimate of drug-likeness (QED) is 0.462. The number of methoxy groups -OCH3 is 2. The summed E-state index contributed by atoms with van der Waals surface area (Å²) in [4.78, 5) is 28.3. The van der Waals surface area contributed by atoms with Gasteiger partial charge in [-0.05, 0) is 50.5 Å². The minimum atomic E-state index is -3.89. The van der Waals surface area contributed by atoms with E-state index < -0.39 is 28.5 Å². The highest BCUT2D eigenvalue weighted by Crippen LogP contribution is 2.33. The molecule has 36 heavy (non-hydrogen) atoms. The minimum Gasteiger partial charge on any atom is -0.497 e. The normalized spacial score (nSPS) is 12.1. The van der Waals surface area contributed by atoms with E-state index in [1.807, 2.05) is 52.0 Å². The van der Waals surface area contributed by atoms with Crippen molar-refractivity contribution in [1.29, 1.82) is 0 Å². The van der Waals surface area contributed by atoms with Crippen LogP contribution >= 0.6 is 0 Å². The van der Waals surface area contributed by atoms with Gasteiger partial charge in [-0.2, -0.15) is 0 Å². The molecule has 2 aromatic carbocycles. The topological polar surface area (TPSA) is 105 Å². The molecule has 0 aliphatic carbocycles. The van der Waals surface area contributed by atoms with Crippen molar-refractivity contribution in [3.8, 4) is 11.5 Å². The molecule has 1 N–H and O–H groups in total. The summed E-state index contributed by atoms with van der Waals surface area (Å²) >= 11 is 0. The van der Waals surface area contributed by atoms with Crippen LogP contribution < -0.4 is 19.1 Å². The number of amides is 2. The third-order valence-electron chi connectivity index (χ3n) is 5.75. The molecule has 0 saturated heterocycles. The number of nitrogens with zero attached hydrogens (tertiary/aromatic N) is 2. The van der Waals surface area contributed by atoms with Gasteiger partial charge >= 0.3 is 0 Å². The van der Waals surface area contributed by atoms with Crippen molar-refractivity contribution in [2.24, 2.45) is 0 Å². The van der Waals surface area contributed by atoms with Crippen molar-refractivity contribution >= 4 is 27.5 Å². The smallest absolute Gasteiger partial charge is 0.244 e. The molecule has 0 aromatic heterocycles. The maximum absolute atomic E-state index is 13.8. The molecular formula is C26H37N3O6S. The van der Waals surface area contributed by atoms with E-state index in [0.29, 0.717) is 12.2 Å². The Labute approximate surface area is 214 Å². The third kappa shape index (κ3) is 7.36. The number of hydrogen-bond donors (Lipinski definition) is 1. The maximum Gasteiger partial charge on any atom is 0.244 e. The molecule has 0 saturated carbocycles. The van der Waals surface area contributed by atoms with Gasteiger partial charge in [0, 0.05) is 18.7 Å². The molecule has 10 heteroatoms. The van der Waals surface area contributed by atoms with E-state index in [0.717, 1.165) is 21.7 Å². The second-order valence-corrected chi connectivity index (χ2v) is 10.7. The zero-order valence-electron chi connectivity index (χ0n) is 22.1. The molecule has 0 aliphatic rings. The molecule has 0 radical (unpaired) electrons. The van der Waals surface area contributed by atoms with Gasteiger partial charge in [0.1, 0.15) is 24.1 Å². The highest BCUT2D eigenvalue weighted by Gasteiger charge is 2.33. The van der Waals surface area contributed by atoms with Crippen molar-refractivity contribution in [3.63, 3.8) is 0 Å². The number of carbonyl (C=O) groups is 2. The number of aryl methyl sites for hydroxylation is 1. The molecular weight excluding hydrogens is 482 g/mol. The average Bonchev–Trinajstić information content (AvgIpc) is 2.81. The van der Waals surface area contributed by atoms with E-state index in [1.165, 1.54) is 25.2 Å². The maximum atomic E-state index is 13.8. The van der Waals surface area contributed by atoms with Gasteiger partial charge in [0.2, 0.25) is 21.8 Å². The van der Waals surface area contributed by atoms with Gasteiger partial charge in [-0.1, -0.05) is 31.2 Å². The molecule has 0 spiro atoms. The fourth-order valence-electron chi connectivity index (χ4n) is 3.86. The van der Waals surface area contributed by atoms with Crippen LogP contribution in [0.4, 0.5) is 5.69 Å². The summed E-state index contributed by atoms with van der Waals surface area (Å²) in [6.45, 7) is 7.10. The predicted molar refractivity (Wildman–Crippen MR) is 141 cm³/mol. The standard InChI is InChI=1S/C26H37N3O6S/c1-8-22(26(31)27-18(2)3)28(16-20-12-10-9-11-19(20)4)25(30)17-29(36(7,32)33)23-14-13-21(34-5)15-24(23)35-6/h9-15,18,22H,8,16-17H2,1-7H3,(H,27,31). The lowest BCUT2D eigenvalue weighted by molar-refractivity contribution is -0.140. The lowest BCUT2D eigenvalue weighted by Crippen LogP contribution is -2.53. The number of anilines is 1. The Balaban J connectivity index is 2.53. The third-order valence-corrected chi connectivity index (χ3v) is 6.88. The van der Waals surface area contributed by atoms with Gasteiger partial charge in [-0.3, -0.25) is 13.9 Å². The van der Waals surface area contributed by atoms with E-state index in [2.05, 4.69) is 5.32 Å². The first kappa shape index (κ1) is 29.0. The van der Waals surface area contributed by atoms with Crippen LogP contribution in [0.3, 0.4) is 0 Å². The Morgan fingerprint density at radius 3 is 2.25 bits per heavy atom. The molecule has 2 rings (SSSR count). The van der Waals surface area contributed by atoms with E-state index >= 15 is 0 Å². The second-order valence-electron chi connectivity index (χ2n) is 8.84. The molecule has 2 amide bonds. The van der Waals surface area contributed by atoms with Gasteiger partial charge in [-0.25, -0.2) is 8.42 Å². The summed E-state index contributed by atoms with van der Waals surface area (Å²) in [7, 11) is -0.987. The number of sulfonamides is 1. The number of benzene rings is 2. The average molecular weight is 520 g/mol. The first-order valence-corrected chi connectivity index (χ1v) is 13.6. The van der Waals surface area contributed by atoms with E-state index in [9.17, 15) is 18.0 Å². The van der Waals surface area contributed by atoms with Crippen molar-refractivity contribution < 1.29 is 27.5 Å². The van der Waals surface area contributed by atoms with Crippen molar-refractivity contribution in [1.82, 2.24) is 10.2 Å². The first-order chi connectivity index (χ1) is 16.9. The molecule has 0 fully saturated rings. The van der Waals surface area contributed by atoms with Crippen molar-refractivity contribution in [2.45, 2.75) is 52.7 Å². The predicted octanol–water partition coefficient (Wildman–Crippen LogP) is 3.11. The van der Waals surface area contributed by atoms with E-state index in [-0.39, 0.29) is 29.9 Å². The summed E-state index contributed by atoms with van der Waals surface area (Å²) in [5.74, 6) is -0.0785. The fourth-order valence-corrected chi connectivity index (χ4v) is 4.71. The summed E-state index contributed by atoms with van der Waals surface area (Å²) in [6, 6.07) is 11.4. The van der Waals surface area contributed by atoms with Gasteiger partial charge in [0.15, 0.2) is 0 Å². The molecule has 9 nitrogen and oxygen atoms in total.